The number of ether oxygens (including phenoxy) is 2. The summed E-state index contributed by atoms with van der Waals surface area (Å²) in [7, 11) is 1.64. The zero-order valence-electron chi connectivity index (χ0n) is 15.3. The minimum absolute atomic E-state index is 0. The van der Waals surface area contributed by atoms with Crippen molar-refractivity contribution in [3.63, 3.8) is 0 Å². The van der Waals surface area contributed by atoms with E-state index in [1.165, 1.54) is 0 Å². The third-order valence-electron chi connectivity index (χ3n) is 4.40. The average Bonchev–Trinajstić information content (AvgIpc) is 2.64. The topological polar surface area (TPSA) is 50.8 Å². The Kier molecular flexibility index (Phi) is 10.3. The Balaban J connectivity index is 0.00000312. The zero-order chi connectivity index (χ0) is 17.2. The molecule has 1 aromatic rings. The molecule has 0 radical (unpaired) electrons. The van der Waals surface area contributed by atoms with Crippen LogP contribution < -0.4 is 14.8 Å². The number of carbonyl (C=O) groups excluding carboxylic acids is 1. The molecule has 0 atom stereocenters. The molecule has 1 aliphatic rings. The third-order valence-corrected chi connectivity index (χ3v) is 4.40. The van der Waals surface area contributed by atoms with Gasteiger partial charge in [-0.2, -0.15) is 0 Å². The summed E-state index contributed by atoms with van der Waals surface area (Å²) < 4.78 is 10.8. The molecule has 25 heavy (non-hydrogen) atoms. The third kappa shape index (κ3) is 7.12. The molecule has 0 unspecified atom stereocenters. The number of halogens is 1. The number of piperidine rings is 1. The molecule has 1 aromatic carbocycles. The van der Waals surface area contributed by atoms with E-state index < -0.39 is 0 Å². The number of hydrogen-bond donors (Lipinski definition) is 1. The number of carbonyl (C=O) groups is 1. The molecule has 1 N–H and O–H groups in total. The summed E-state index contributed by atoms with van der Waals surface area (Å²) in [5, 5.41) is 3.36. The van der Waals surface area contributed by atoms with E-state index in [4.69, 9.17) is 9.47 Å². The maximum atomic E-state index is 12.6. The quantitative estimate of drug-likeness (QED) is 0.678. The Morgan fingerprint density at radius 1 is 1.20 bits per heavy atom. The lowest BCUT2D eigenvalue weighted by Crippen LogP contribution is -2.46. The highest BCUT2D eigenvalue weighted by atomic mass is 35.5. The van der Waals surface area contributed by atoms with E-state index in [1.54, 1.807) is 7.11 Å². The first-order valence-electron chi connectivity index (χ1n) is 9.01. The smallest absolute Gasteiger partial charge is 0.222 e. The first-order valence-corrected chi connectivity index (χ1v) is 9.01. The fourth-order valence-electron chi connectivity index (χ4n) is 3.10. The second kappa shape index (κ2) is 12.0. The minimum Gasteiger partial charge on any atom is -0.497 e. The standard InChI is InChI=1S/C19H30N2O3.ClH/c1-3-14-21(16-10-12-20-13-11-16)19(22)5-4-15-24-18-8-6-17(23-2)7-9-18;/h6-9,16,20H,3-5,10-15H2,1-2H3;1H. The Hall–Kier alpha value is -1.46. The number of nitrogens with zero attached hydrogens (tertiary/aromatic N) is 1. The normalized spacial score (nSPS) is 14.5. The number of hydrogen-bond acceptors (Lipinski definition) is 4. The zero-order valence-corrected chi connectivity index (χ0v) is 16.1. The molecule has 1 amide bonds. The van der Waals surface area contributed by atoms with Gasteiger partial charge in [0.15, 0.2) is 0 Å². The lowest BCUT2D eigenvalue weighted by atomic mass is 10.0. The number of benzene rings is 1. The number of methoxy groups -OCH3 is 1. The highest BCUT2D eigenvalue weighted by Gasteiger charge is 2.24. The SMILES string of the molecule is CCCN(C(=O)CCCOc1ccc(OC)cc1)C1CCNCC1.Cl. The van der Waals surface area contributed by atoms with Crippen molar-refractivity contribution < 1.29 is 14.3 Å². The summed E-state index contributed by atoms with van der Waals surface area (Å²) in [6.45, 7) is 5.58. The first kappa shape index (κ1) is 21.6. The highest BCUT2D eigenvalue weighted by molar-refractivity contribution is 5.85. The average molecular weight is 371 g/mol. The molecular weight excluding hydrogens is 340 g/mol. The second-order valence-electron chi connectivity index (χ2n) is 6.20. The van der Waals surface area contributed by atoms with Gasteiger partial charge in [-0.15, -0.1) is 12.4 Å². The molecule has 0 aliphatic carbocycles. The van der Waals surface area contributed by atoms with Crippen LogP contribution >= 0.6 is 12.4 Å². The summed E-state index contributed by atoms with van der Waals surface area (Å²) in [6, 6.07) is 7.93. The largest absolute Gasteiger partial charge is 0.497 e. The number of amides is 1. The van der Waals surface area contributed by atoms with Gasteiger partial charge in [0, 0.05) is 19.0 Å². The van der Waals surface area contributed by atoms with Gasteiger partial charge >= 0.3 is 0 Å². The molecular formula is C19H31ClN2O3. The lowest BCUT2D eigenvalue weighted by molar-refractivity contribution is -0.134. The van der Waals surface area contributed by atoms with Crippen molar-refractivity contribution in [2.24, 2.45) is 0 Å². The van der Waals surface area contributed by atoms with Crippen molar-refractivity contribution in [3.05, 3.63) is 24.3 Å². The van der Waals surface area contributed by atoms with Crippen LogP contribution in [0.5, 0.6) is 11.5 Å². The van der Waals surface area contributed by atoms with E-state index in [2.05, 4.69) is 17.1 Å². The van der Waals surface area contributed by atoms with Crippen LogP contribution in [0.1, 0.15) is 39.0 Å². The molecule has 142 valence electrons. The van der Waals surface area contributed by atoms with Crippen molar-refractivity contribution in [3.8, 4) is 11.5 Å². The first-order chi connectivity index (χ1) is 11.7. The molecule has 0 spiro atoms. The summed E-state index contributed by atoms with van der Waals surface area (Å²) in [5.41, 5.74) is 0. The lowest BCUT2D eigenvalue weighted by Gasteiger charge is -2.34. The molecule has 6 heteroatoms. The van der Waals surface area contributed by atoms with Gasteiger partial charge in [-0.1, -0.05) is 6.92 Å². The van der Waals surface area contributed by atoms with Gasteiger partial charge in [0.05, 0.1) is 13.7 Å². The van der Waals surface area contributed by atoms with Gasteiger partial charge < -0.3 is 19.7 Å². The predicted octanol–water partition coefficient (Wildman–Crippen LogP) is 3.27. The van der Waals surface area contributed by atoms with Crippen LogP contribution in [-0.2, 0) is 4.79 Å². The van der Waals surface area contributed by atoms with Crippen LogP contribution in [0.4, 0.5) is 0 Å². The van der Waals surface area contributed by atoms with Gasteiger partial charge in [-0.05, 0) is 63.0 Å². The van der Waals surface area contributed by atoms with Gasteiger partial charge in [0.2, 0.25) is 5.91 Å². The van der Waals surface area contributed by atoms with E-state index in [0.29, 0.717) is 19.1 Å². The highest BCUT2D eigenvalue weighted by Crippen LogP contribution is 2.18. The van der Waals surface area contributed by atoms with Gasteiger partial charge in [0.1, 0.15) is 11.5 Å². The Labute approximate surface area is 157 Å². The van der Waals surface area contributed by atoms with E-state index in [9.17, 15) is 4.79 Å². The van der Waals surface area contributed by atoms with E-state index in [-0.39, 0.29) is 18.3 Å². The van der Waals surface area contributed by atoms with Crippen molar-refractivity contribution in [1.29, 1.82) is 0 Å². The molecule has 1 fully saturated rings. The summed E-state index contributed by atoms with van der Waals surface area (Å²) in [5.74, 6) is 1.89. The molecule has 0 bridgehead atoms. The molecule has 0 saturated carbocycles. The van der Waals surface area contributed by atoms with E-state index >= 15 is 0 Å². The second-order valence-corrected chi connectivity index (χ2v) is 6.20. The van der Waals surface area contributed by atoms with Crippen LogP contribution in [0.2, 0.25) is 0 Å². The Bertz CT molecular complexity index is 490. The Morgan fingerprint density at radius 2 is 1.84 bits per heavy atom. The van der Waals surface area contributed by atoms with E-state index in [1.807, 2.05) is 24.3 Å². The molecule has 5 nitrogen and oxygen atoms in total. The predicted molar refractivity (Wildman–Crippen MR) is 103 cm³/mol. The summed E-state index contributed by atoms with van der Waals surface area (Å²) >= 11 is 0. The van der Waals surface area contributed by atoms with Gasteiger partial charge in [-0.25, -0.2) is 0 Å². The molecule has 1 heterocycles. The number of rotatable bonds is 9. The molecule has 0 aromatic heterocycles. The van der Waals surface area contributed by atoms with E-state index in [0.717, 1.165) is 56.8 Å². The maximum absolute atomic E-state index is 12.6. The maximum Gasteiger partial charge on any atom is 0.222 e. The van der Waals surface area contributed by atoms with Crippen LogP contribution in [0, 0.1) is 0 Å². The van der Waals surface area contributed by atoms with Crippen LogP contribution in [0.3, 0.4) is 0 Å². The minimum atomic E-state index is 0. The monoisotopic (exact) mass is 370 g/mol. The van der Waals surface area contributed by atoms with Crippen LogP contribution in [0.25, 0.3) is 0 Å². The Morgan fingerprint density at radius 3 is 2.44 bits per heavy atom. The van der Waals surface area contributed by atoms with Crippen molar-refractivity contribution in [2.75, 3.05) is 33.4 Å². The van der Waals surface area contributed by atoms with Gasteiger partial charge in [0.25, 0.3) is 0 Å². The molecule has 1 aliphatic heterocycles. The van der Waals surface area contributed by atoms with Crippen molar-refractivity contribution in [2.45, 2.75) is 45.1 Å². The fourth-order valence-corrected chi connectivity index (χ4v) is 3.10. The number of nitrogens with one attached hydrogen (secondary N) is 1. The van der Waals surface area contributed by atoms with Gasteiger partial charge in [-0.3, -0.25) is 4.79 Å². The summed E-state index contributed by atoms with van der Waals surface area (Å²) in [6.07, 6.45) is 4.44. The van der Waals surface area contributed by atoms with Crippen molar-refractivity contribution >= 4 is 18.3 Å². The summed E-state index contributed by atoms with van der Waals surface area (Å²) in [4.78, 5) is 14.7. The van der Waals surface area contributed by atoms with Crippen molar-refractivity contribution in [1.82, 2.24) is 10.2 Å². The van der Waals surface area contributed by atoms with Crippen LogP contribution in [0.15, 0.2) is 24.3 Å². The fraction of sp³-hybridized carbons (Fsp3) is 0.632. The molecule has 1 saturated heterocycles. The molecule has 2 rings (SSSR count). The van der Waals surface area contributed by atoms with Crippen LogP contribution in [-0.4, -0.2) is 50.2 Å².